The number of aromatic nitrogens is 2. The molecule has 3 aromatic rings. The Morgan fingerprint density at radius 3 is 2.73 bits per heavy atom. The molecule has 0 aliphatic rings. The van der Waals surface area contributed by atoms with E-state index in [9.17, 15) is 4.39 Å². The topological polar surface area (TPSA) is 34.3 Å². The third-order valence-corrected chi connectivity index (χ3v) is 5.40. The lowest BCUT2D eigenvalue weighted by molar-refractivity contribution is -0.917. The number of nitrogens with one attached hydrogen (secondary N) is 2. The maximum absolute atomic E-state index is 13.3. The monoisotopic (exact) mass is 389 g/mol. The van der Waals surface area contributed by atoms with E-state index < -0.39 is 0 Å². The molecular formula is C19H22FN4S2+. The van der Waals surface area contributed by atoms with Crippen molar-refractivity contribution < 1.29 is 9.29 Å². The molecule has 2 aromatic carbocycles. The zero-order valence-corrected chi connectivity index (χ0v) is 16.7. The van der Waals surface area contributed by atoms with Crippen molar-refractivity contribution in [1.29, 1.82) is 0 Å². The van der Waals surface area contributed by atoms with Crippen LogP contribution in [0, 0.1) is 23.6 Å². The lowest BCUT2D eigenvalue weighted by atomic mass is 10.1. The van der Waals surface area contributed by atoms with Crippen LogP contribution in [0.5, 0.6) is 0 Å². The minimum absolute atomic E-state index is 0.208. The van der Waals surface area contributed by atoms with Crippen LogP contribution in [0.3, 0.4) is 0 Å². The van der Waals surface area contributed by atoms with Gasteiger partial charge < -0.3 is 10.2 Å². The Hall–Kier alpha value is -2.09. The number of hydrogen-bond acceptors (Lipinski definition) is 4. The van der Waals surface area contributed by atoms with Crippen molar-refractivity contribution in [2.45, 2.75) is 27.1 Å². The van der Waals surface area contributed by atoms with E-state index in [1.165, 1.54) is 33.4 Å². The van der Waals surface area contributed by atoms with Gasteiger partial charge in [0.15, 0.2) is 10.6 Å². The average molecular weight is 390 g/mol. The summed E-state index contributed by atoms with van der Waals surface area (Å²) in [6.45, 7) is 5.51. The van der Waals surface area contributed by atoms with Crippen molar-refractivity contribution >= 4 is 34.4 Å². The minimum atomic E-state index is -0.208. The van der Waals surface area contributed by atoms with Crippen LogP contribution in [0.1, 0.15) is 16.7 Å². The summed E-state index contributed by atoms with van der Waals surface area (Å²) in [6, 6.07) is 12.9. The highest BCUT2D eigenvalue weighted by atomic mass is 32.1. The van der Waals surface area contributed by atoms with Gasteiger partial charge in [-0.15, -0.1) is 5.10 Å². The third kappa shape index (κ3) is 4.75. The van der Waals surface area contributed by atoms with Gasteiger partial charge in [-0.3, -0.25) is 0 Å². The highest BCUT2D eigenvalue weighted by Crippen LogP contribution is 2.22. The fourth-order valence-electron chi connectivity index (χ4n) is 2.71. The van der Waals surface area contributed by atoms with Crippen LogP contribution in [0.15, 0.2) is 42.5 Å². The van der Waals surface area contributed by atoms with Gasteiger partial charge >= 0.3 is 0 Å². The Bertz CT molecular complexity index is 964. The van der Waals surface area contributed by atoms with Crippen LogP contribution in [-0.4, -0.2) is 16.8 Å². The maximum atomic E-state index is 13.3. The summed E-state index contributed by atoms with van der Waals surface area (Å²) in [6.07, 6.45) is 0. The van der Waals surface area contributed by atoms with Crippen LogP contribution < -0.4 is 10.2 Å². The lowest BCUT2D eigenvalue weighted by Gasteiger charge is -2.13. The number of rotatable bonds is 6. The molecule has 0 saturated heterocycles. The van der Waals surface area contributed by atoms with Gasteiger partial charge in [0, 0.05) is 11.3 Å². The quantitative estimate of drug-likeness (QED) is 0.629. The fourth-order valence-corrected chi connectivity index (χ4v) is 3.73. The Labute approximate surface area is 161 Å². The Balaban J connectivity index is 1.67. The average Bonchev–Trinajstić information content (AvgIpc) is 2.90. The SMILES string of the molecule is Cc1ccc(Nc2nn(C[NH+](C)Cc3cccc(F)c3)c(=S)s2)cc1C. The van der Waals surface area contributed by atoms with Crippen LogP contribution in [0.4, 0.5) is 15.2 Å². The van der Waals surface area contributed by atoms with Crippen molar-refractivity contribution in [3.63, 3.8) is 0 Å². The number of anilines is 2. The molecule has 2 N–H and O–H groups in total. The summed E-state index contributed by atoms with van der Waals surface area (Å²) in [5.74, 6) is -0.208. The van der Waals surface area contributed by atoms with Crippen molar-refractivity contribution in [2.24, 2.45) is 0 Å². The molecule has 0 amide bonds. The zero-order valence-electron chi connectivity index (χ0n) is 15.0. The lowest BCUT2D eigenvalue weighted by Crippen LogP contribution is -3.07. The molecule has 136 valence electrons. The molecule has 4 nitrogen and oxygen atoms in total. The van der Waals surface area contributed by atoms with E-state index in [1.807, 2.05) is 23.9 Å². The van der Waals surface area contributed by atoms with Crippen LogP contribution in [0.2, 0.25) is 0 Å². The molecule has 7 heteroatoms. The molecule has 1 heterocycles. The molecule has 0 bridgehead atoms. The standard InChI is InChI=1S/C19H21FN4S2/c1-13-7-8-17(9-14(13)2)21-18-22-24(19(25)26-18)12-23(3)11-15-5-4-6-16(20)10-15/h4-10H,11-12H2,1-3H3,(H,21,22)/p+1. The highest BCUT2D eigenvalue weighted by Gasteiger charge is 2.10. The summed E-state index contributed by atoms with van der Waals surface area (Å²) in [7, 11) is 2.04. The number of quaternary nitrogens is 1. The highest BCUT2D eigenvalue weighted by molar-refractivity contribution is 7.73. The summed E-state index contributed by atoms with van der Waals surface area (Å²) < 4.78 is 15.9. The molecule has 0 saturated carbocycles. The Kier molecular flexibility index (Phi) is 5.80. The first-order chi connectivity index (χ1) is 12.4. The molecule has 0 spiro atoms. The maximum Gasteiger partial charge on any atom is 0.209 e. The molecule has 1 atom stereocenters. The minimum Gasteiger partial charge on any atom is -0.330 e. The first kappa shape index (κ1) is 18.7. The number of aryl methyl sites for hydroxylation is 2. The second kappa shape index (κ2) is 8.07. The van der Waals surface area contributed by atoms with Gasteiger partial charge in [0.05, 0.1) is 7.05 Å². The van der Waals surface area contributed by atoms with Gasteiger partial charge in [0.25, 0.3) is 0 Å². The molecule has 0 aliphatic heterocycles. The molecular weight excluding hydrogens is 367 g/mol. The zero-order chi connectivity index (χ0) is 18.7. The first-order valence-electron chi connectivity index (χ1n) is 8.38. The summed E-state index contributed by atoms with van der Waals surface area (Å²) >= 11 is 6.90. The Morgan fingerprint density at radius 1 is 1.19 bits per heavy atom. The number of benzene rings is 2. The second-order valence-electron chi connectivity index (χ2n) is 6.52. The van der Waals surface area contributed by atoms with E-state index in [2.05, 4.69) is 36.4 Å². The number of nitrogens with zero attached hydrogens (tertiary/aromatic N) is 2. The smallest absolute Gasteiger partial charge is 0.209 e. The van der Waals surface area contributed by atoms with E-state index >= 15 is 0 Å². The Morgan fingerprint density at radius 2 is 2.00 bits per heavy atom. The molecule has 0 fully saturated rings. The van der Waals surface area contributed by atoms with Gasteiger partial charge in [-0.25, -0.2) is 4.39 Å². The van der Waals surface area contributed by atoms with E-state index in [0.717, 1.165) is 20.3 Å². The molecule has 0 aliphatic carbocycles. The normalized spacial score (nSPS) is 12.2. The molecule has 3 rings (SSSR count). The van der Waals surface area contributed by atoms with Gasteiger partial charge in [-0.2, -0.15) is 4.68 Å². The van der Waals surface area contributed by atoms with Crippen LogP contribution in [0.25, 0.3) is 0 Å². The van der Waals surface area contributed by atoms with E-state index in [0.29, 0.717) is 13.2 Å². The predicted molar refractivity (Wildman–Crippen MR) is 107 cm³/mol. The van der Waals surface area contributed by atoms with Crippen molar-refractivity contribution in [1.82, 2.24) is 9.78 Å². The summed E-state index contributed by atoms with van der Waals surface area (Å²) in [4.78, 5) is 1.18. The second-order valence-corrected chi connectivity index (χ2v) is 8.14. The van der Waals surface area contributed by atoms with Gasteiger partial charge in [0.2, 0.25) is 5.13 Å². The third-order valence-electron chi connectivity index (χ3n) is 4.18. The van der Waals surface area contributed by atoms with E-state index in [1.54, 1.807) is 12.1 Å². The summed E-state index contributed by atoms with van der Waals surface area (Å²) in [5.41, 5.74) is 4.45. The van der Waals surface area contributed by atoms with Gasteiger partial charge in [-0.05, 0) is 61.5 Å². The van der Waals surface area contributed by atoms with Gasteiger partial charge in [0.1, 0.15) is 12.4 Å². The van der Waals surface area contributed by atoms with Gasteiger partial charge in [-0.1, -0.05) is 29.5 Å². The van der Waals surface area contributed by atoms with Crippen molar-refractivity contribution in [3.05, 3.63) is 68.9 Å². The van der Waals surface area contributed by atoms with Crippen molar-refractivity contribution in [2.75, 3.05) is 12.4 Å². The number of halogens is 1. The fraction of sp³-hybridized carbons (Fsp3) is 0.263. The molecule has 1 aromatic heterocycles. The van der Waals surface area contributed by atoms with E-state index in [-0.39, 0.29) is 5.82 Å². The number of hydrogen-bond donors (Lipinski definition) is 2. The molecule has 0 radical (unpaired) electrons. The van der Waals surface area contributed by atoms with E-state index in [4.69, 9.17) is 12.2 Å². The molecule has 26 heavy (non-hydrogen) atoms. The van der Waals surface area contributed by atoms with Crippen LogP contribution in [-0.2, 0) is 13.2 Å². The van der Waals surface area contributed by atoms with Crippen LogP contribution >= 0.6 is 23.6 Å². The predicted octanol–water partition coefficient (Wildman–Crippen LogP) is 3.85. The largest absolute Gasteiger partial charge is 0.330 e. The first-order valence-corrected chi connectivity index (χ1v) is 9.61. The summed E-state index contributed by atoms with van der Waals surface area (Å²) in [5, 5.41) is 8.68. The molecule has 1 unspecified atom stereocenters. The van der Waals surface area contributed by atoms with Crippen molar-refractivity contribution in [3.8, 4) is 0 Å².